The summed E-state index contributed by atoms with van der Waals surface area (Å²) in [5, 5.41) is 21.6. The van der Waals surface area contributed by atoms with E-state index in [9.17, 15) is 14.7 Å². The molecule has 3 heterocycles. The Morgan fingerprint density at radius 1 is 1.53 bits per heavy atom. The molecule has 8 nitrogen and oxygen atoms in total. The molecule has 1 aromatic carbocycles. The number of halogens is 1. The van der Waals surface area contributed by atoms with Gasteiger partial charge in [-0.25, -0.2) is 9.18 Å². The Balaban J connectivity index is 1.85. The maximum Gasteiger partial charge on any atom is 0.341 e. The van der Waals surface area contributed by atoms with Gasteiger partial charge in [-0.3, -0.25) is 4.79 Å². The fraction of sp³-hybridized carbons (Fsp3) is 0.476. The fourth-order valence-corrected chi connectivity index (χ4v) is 4.58. The molecule has 2 N–H and O–H groups in total. The number of hydrogen-bond acceptors (Lipinski definition) is 6. The Morgan fingerprint density at radius 2 is 2.30 bits per heavy atom. The third-order valence-corrected chi connectivity index (χ3v) is 6.16. The number of aromatic carboxylic acids is 1. The number of benzene rings is 1. The lowest BCUT2D eigenvalue weighted by Crippen LogP contribution is -2.35. The van der Waals surface area contributed by atoms with Crippen LogP contribution in [0.5, 0.6) is 5.75 Å². The number of ether oxygens (including phenoxy) is 1. The molecule has 1 aromatic heterocycles. The summed E-state index contributed by atoms with van der Waals surface area (Å²) in [6, 6.07) is 3.12. The van der Waals surface area contributed by atoms with Crippen molar-refractivity contribution in [2.75, 3.05) is 31.6 Å². The van der Waals surface area contributed by atoms with Crippen LogP contribution in [-0.2, 0) is 0 Å². The second-order valence-electron chi connectivity index (χ2n) is 7.93. The van der Waals surface area contributed by atoms with Crippen LogP contribution in [0.15, 0.2) is 17.1 Å². The Hall–Kier alpha value is -3.12. The number of carbonyl (C=O) groups is 1. The van der Waals surface area contributed by atoms with Gasteiger partial charge in [0.15, 0.2) is 11.6 Å². The highest BCUT2D eigenvalue weighted by Gasteiger charge is 2.35. The summed E-state index contributed by atoms with van der Waals surface area (Å²) in [4.78, 5) is 26.1. The molecule has 3 atom stereocenters. The molecule has 1 fully saturated rings. The summed E-state index contributed by atoms with van der Waals surface area (Å²) in [5.41, 5.74) is -0.392. The van der Waals surface area contributed by atoms with Crippen molar-refractivity contribution >= 4 is 22.6 Å². The van der Waals surface area contributed by atoms with Crippen molar-refractivity contribution in [2.45, 2.75) is 31.8 Å². The lowest BCUT2D eigenvalue weighted by molar-refractivity contribution is 0.0694. The number of carboxylic acid groups (broad SMARTS) is 1. The van der Waals surface area contributed by atoms with Crippen LogP contribution < -0.4 is 20.4 Å². The maximum atomic E-state index is 15.3. The van der Waals surface area contributed by atoms with Crippen LogP contribution in [0, 0.1) is 23.1 Å². The minimum absolute atomic E-state index is 0.00558. The molecule has 2 aliphatic rings. The summed E-state index contributed by atoms with van der Waals surface area (Å²) in [7, 11) is 1.81. The summed E-state index contributed by atoms with van der Waals surface area (Å²) in [6.45, 7) is 3.25. The normalized spacial score (nSPS) is 21.3. The van der Waals surface area contributed by atoms with E-state index in [2.05, 4.69) is 11.4 Å². The van der Waals surface area contributed by atoms with Gasteiger partial charge in [-0.2, -0.15) is 5.26 Å². The number of nitrogens with zero attached hydrogens (tertiary/aromatic N) is 3. The van der Waals surface area contributed by atoms with E-state index < -0.39 is 17.2 Å². The van der Waals surface area contributed by atoms with Crippen LogP contribution in [0.2, 0.25) is 0 Å². The topological polar surface area (TPSA) is 108 Å². The van der Waals surface area contributed by atoms with E-state index >= 15 is 4.39 Å². The molecule has 0 spiro atoms. The van der Waals surface area contributed by atoms with Crippen LogP contribution in [0.3, 0.4) is 0 Å². The highest BCUT2D eigenvalue weighted by Crippen LogP contribution is 2.43. The molecule has 0 aliphatic carbocycles. The second-order valence-corrected chi connectivity index (χ2v) is 7.93. The lowest BCUT2D eigenvalue weighted by atomic mass is 9.97. The van der Waals surface area contributed by atoms with E-state index in [1.807, 2.05) is 18.9 Å². The van der Waals surface area contributed by atoms with Crippen molar-refractivity contribution in [1.29, 1.82) is 5.26 Å². The van der Waals surface area contributed by atoms with Gasteiger partial charge in [-0.1, -0.05) is 0 Å². The maximum absolute atomic E-state index is 15.3. The lowest BCUT2D eigenvalue weighted by Gasteiger charge is -2.31. The van der Waals surface area contributed by atoms with Crippen molar-refractivity contribution in [2.24, 2.45) is 5.92 Å². The van der Waals surface area contributed by atoms with Gasteiger partial charge in [0.2, 0.25) is 5.43 Å². The van der Waals surface area contributed by atoms with Crippen LogP contribution in [0.4, 0.5) is 10.1 Å². The smallest absolute Gasteiger partial charge is 0.341 e. The van der Waals surface area contributed by atoms with Gasteiger partial charge in [-0.15, -0.1) is 0 Å². The number of nitrogens with one attached hydrogen (secondary N) is 1. The first-order valence-corrected chi connectivity index (χ1v) is 9.94. The molecule has 0 amide bonds. The average Bonchev–Trinajstić information content (AvgIpc) is 3.19. The second kappa shape index (κ2) is 7.61. The van der Waals surface area contributed by atoms with Gasteiger partial charge in [0.25, 0.3) is 0 Å². The van der Waals surface area contributed by atoms with Crippen molar-refractivity contribution in [3.8, 4) is 11.8 Å². The summed E-state index contributed by atoms with van der Waals surface area (Å²) >= 11 is 0. The zero-order valence-corrected chi connectivity index (χ0v) is 16.8. The van der Waals surface area contributed by atoms with Crippen molar-refractivity contribution in [1.82, 2.24) is 9.88 Å². The van der Waals surface area contributed by atoms with Crippen molar-refractivity contribution < 1.29 is 19.0 Å². The standard InChI is InChI=1S/C21H23FN4O4/c1-11-10-30-20-17-13(19(27)14(21(28)29)9-26(11)17)7-15(22)18(20)25-6-4-12(8-25)16(24-2)3-5-23/h7,9,11-12,16,24H,3-4,6,8,10H2,1-2H3,(H,28,29)/t11?,12?,16-/m1/s1. The Kier molecular flexibility index (Phi) is 5.12. The molecule has 30 heavy (non-hydrogen) atoms. The number of carboxylic acids is 1. The van der Waals surface area contributed by atoms with E-state index in [-0.39, 0.29) is 41.3 Å². The van der Waals surface area contributed by atoms with Gasteiger partial charge in [-0.05, 0) is 32.4 Å². The molecule has 2 aromatic rings. The molecule has 2 aliphatic heterocycles. The number of nitriles is 1. The number of hydrogen-bond donors (Lipinski definition) is 2. The molecular weight excluding hydrogens is 391 g/mol. The summed E-state index contributed by atoms with van der Waals surface area (Å²) in [5.74, 6) is -1.50. The largest absolute Gasteiger partial charge is 0.487 e. The fourth-order valence-electron chi connectivity index (χ4n) is 4.58. The Bertz CT molecular complexity index is 1120. The Labute approximate surface area is 172 Å². The van der Waals surface area contributed by atoms with Crippen LogP contribution in [0.25, 0.3) is 10.9 Å². The van der Waals surface area contributed by atoms with E-state index in [1.165, 1.54) is 6.20 Å². The minimum atomic E-state index is -1.34. The Morgan fingerprint density at radius 3 is 2.97 bits per heavy atom. The van der Waals surface area contributed by atoms with Gasteiger partial charge >= 0.3 is 5.97 Å². The van der Waals surface area contributed by atoms with Gasteiger partial charge in [0.05, 0.1) is 29.4 Å². The van der Waals surface area contributed by atoms with Gasteiger partial charge in [0, 0.05) is 25.3 Å². The average molecular weight is 414 g/mol. The third-order valence-electron chi connectivity index (χ3n) is 6.16. The molecular formula is C21H23FN4O4. The first-order valence-electron chi connectivity index (χ1n) is 9.94. The molecule has 0 saturated carbocycles. The van der Waals surface area contributed by atoms with Gasteiger partial charge < -0.3 is 24.6 Å². The number of aromatic nitrogens is 1. The van der Waals surface area contributed by atoms with Crippen molar-refractivity contribution in [3.63, 3.8) is 0 Å². The molecule has 4 rings (SSSR count). The zero-order chi connectivity index (χ0) is 21.6. The number of pyridine rings is 1. The predicted molar refractivity (Wildman–Crippen MR) is 109 cm³/mol. The van der Waals surface area contributed by atoms with E-state index in [0.29, 0.717) is 30.7 Å². The predicted octanol–water partition coefficient (Wildman–Crippen LogP) is 2.12. The van der Waals surface area contributed by atoms with Crippen LogP contribution in [-0.4, -0.2) is 48.4 Å². The monoisotopic (exact) mass is 414 g/mol. The molecule has 0 radical (unpaired) electrons. The summed E-state index contributed by atoms with van der Waals surface area (Å²) < 4.78 is 22.9. The SMILES string of the molecule is CN[C@H](CC#N)C1CCN(c2c(F)cc3c(=O)c(C(=O)O)cn4c3c2OCC4C)C1. The molecule has 9 heteroatoms. The summed E-state index contributed by atoms with van der Waals surface area (Å²) in [6.07, 6.45) is 2.49. The van der Waals surface area contributed by atoms with Gasteiger partial charge in [0.1, 0.15) is 17.9 Å². The van der Waals surface area contributed by atoms with Crippen LogP contribution >= 0.6 is 0 Å². The highest BCUT2D eigenvalue weighted by atomic mass is 19.1. The van der Waals surface area contributed by atoms with Crippen LogP contribution in [0.1, 0.15) is 36.2 Å². The molecule has 158 valence electrons. The third kappa shape index (κ3) is 3.08. The van der Waals surface area contributed by atoms with E-state index in [1.54, 1.807) is 4.57 Å². The molecule has 0 bridgehead atoms. The minimum Gasteiger partial charge on any atom is -0.487 e. The molecule has 2 unspecified atom stereocenters. The molecule has 1 saturated heterocycles. The van der Waals surface area contributed by atoms with E-state index in [4.69, 9.17) is 10.00 Å². The number of rotatable bonds is 5. The first kappa shape index (κ1) is 20.2. The van der Waals surface area contributed by atoms with E-state index in [0.717, 1.165) is 12.5 Å². The zero-order valence-electron chi connectivity index (χ0n) is 16.8. The quantitative estimate of drug-likeness (QED) is 0.772. The highest BCUT2D eigenvalue weighted by molar-refractivity contribution is 5.97. The first-order chi connectivity index (χ1) is 14.4. The van der Waals surface area contributed by atoms with Crippen molar-refractivity contribution in [3.05, 3.63) is 33.9 Å². The number of anilines is 1.